The summed E-state index contributed by atoms with van der Waals surface area (Å²) in [5.41, 5.74) is 3.35. The molecule has 0 saturated heterocycles. The molecule has 0 aliphatic carbocycles. The lowest BCUT2D eigenvalue weighted by Crippen LogP contribution is -2.07. The fourth-order valence-electron chi connectivity index (χ4n) is 6.64. The van der Waals surface area contributed by atoms with Gasteiger partial charge >= 0.3 is 8.45 Å². The first-order valence-corrected chi connectivity index (χ1v) is 23.0. The minimum atomic E-state index is -1.82. The maximum absolute atomic E-state index is 10.2. The Morgan fingerprint density at radius 3 is 0.921 bits per heavy atom. The summed E-state index contributed by atoms with van der Waals surface area (Å²) >= 11 is 0. The van der Waals surface area contributed by atoms with Crippen LogP contribution in [0.25, 0.3) is 0 Å². The van der Waals surface area contributed by atoms with Crippen molar-refractivity contribution in [1.29, 1.82) is 0 Å². The van der Waals surface area contributed by atoms with Crippen LogP contribution in [0.5, 0.6) is 63.2 Å². The van der Waals surface area contributed by atoms with Crippen molar-refractivity contribution in [3.63, 3.8) is 0 Å². The van der Waals surface area contributed by atoms with Gasteiger partial charge < -0.3 is 53.7 Å². The van der Waals surface area contributed by atoms with Crippen molar-refractivity contribution in [3.05, 3.63) is 149 Å². The summed E-state index contributed by atoms with van der Waals surface area (Å²) in [7, 11) is -0.862. The first-order chi connectivity index (χ1) is 31.0. The number of aliphatic hydroxyl groups excluding tert-OH is 5. The monoisotopic (exact) mass is 909 g/mol. The van der Waals surface area contributed by atoms with Crippen LogP contribution in [0.4, 0.5) is 0 Å². The van der Waals surface area contributed by atoms with Crippen LogP contribution < -0.4 is 33.1 Å². The summed E-state index contributed by atoms with van der Waals surface area (Å²) in [6.45, 7) is -0.824. The van der Waals surface area contributed by atoms with E-state index in [0.717, 1.165) is 0 Å². The molecule has 0 fully saturated rings. The number of hydrogen-bond donors (Lipinski definition) is 6. The molecule has 6 aromatic carbocycles. The molecule has 326 valence electrons. The van der Waals surface area contributed by atoms with E-state index >= 15 is 0 Å². The zero-order valence-electron chi connectivity index (χ0n) is 34.0. The maximum Gasteiger partial charge on any atom is 0.311 e. The molecule has 1 unspecified atom stereocenters. The topological polar surface area (TPSA) is 193 Å². The molecule has 6 N–H and O–H groups in total. The van der Waals surface area contributed by atoms with Crippen molar-refractivity contribution in [2.45, 2.75) is 32.1 Å². The van der Waals surface area contributed by atoms with Crippen LogP contribution in [0.3, 0.4) is 0 Å². The quantitative estimate of drug-likeness (QED) is 0.0354. The minimum absolute atomic E-state index is 0.0115. The van der Waals surface area contributed by atoms with Gasteiger partial charge in [0.1, 0.15) is 37.3 Å². The number of rotatable bonds is 22. The highest BCUT2D eigenvalue weighted by atomic mass is 31.2. The lowest BCUT2D eigenvalue weighted by atomic mass is 10.1. The van der Waals surface area contributed by atoms with E-state index in [4.69, 9.17) is 28.2 Å². The van der Waals surface area contributed by atoms with Crippen LogP contribution in [0.15, 0.2) is 130 Å². The molecule has 0 spiro atoms. The Labute approximate surface area is 369 Å². The average molecular weight is 910 g/mol. The molecule has 0 amide bonds. The average Bonchev–Trinajstić information content (AvgIpc) is 3.30. The van der Waals surface area contributed by atoms with Gasteiger partial charge in [0.2, 0.25) is 34.5 Å². The number of nitrogens with zero attached hydrogens (tertiary/aromatic N) is 2. The Hall–Kier alpha value is -5.49. The molecule has 1 aliphatic heterocycles. The van der Waals surface area contributed by atoms with E-state index in [1.807, 2.05) is 60.7 Å². The third-order valence-electron chi connectivity index (χ3n) is 9.58. The summed E-state index contributed by atoms with van der Waals surface area (Å²) in [5.74, 6) is 1.67. The van der Waals surface area contributed by atoms with E-state index in [-0.39, 0.29) is 99.6 Å². The van der Waals surface area contributed by atoms with Crippen LogP contribution in [-0.2, 0) is 32.1 Å². The van der Waals surface area contributed by atoms with Gasteiger partial charge in [-0.1, -0.05) is 91.0 Å². The lowest BCUT2D eigenvalue weighted by Gasteiger charge is -2.27. The lowest BCUT2D eigenvalue weighted by molar-refractivity contribution is 0.292. The largest absolute Gasteiger partial charge is 0.449 e. The molecule has 0 aromatic heterocycles. The van der Waals surface area contributed by atoms with Crippen LogP contribution in [-0.4, -0.2) is 58.6 Å². The number of aliphatic hydroxyl groups is 5. The molecule has 0 bridgehead atoms. The summed E-state index contributed by atoms with van der Waals surface area (Å²) in [5, 5.41) is 50.8. The Bertz CT molecular complexity index is 2400. The second kappa shape index (κ2) is 23.3. The summed E-state index contributed by atoms with van der Waals surface area (Å²) in [4.78, 5) is 3.18. The van der Waals surface area contributed by atoms with Crippen molar-refractivity contribution in [2.75, 3.05) is 33.0 Å². The van der Waals surface area contributed by atoms with Crippen LogP contribution in [0.1, 0.15) is 27.8 Å². The zero-order chi connectivity index (χ0) is 43.8. The molecule has 0 saturated carbocycles. The second-order valence-electron chi connectivity index (χ2n) is 13.7. The molecule has 7 rings (SSSR count). The van der Waals surface area contributed by atoms with Crippen molar-refractivity contribution < 1.29 is 53.7 Å². The Morgan fingerprint density at radius 2 is 0.667 bits per heavy atom. The summed E-state index contributed by atoms with van der Waals surface area (Å²) < 4.78 is 50.8. The van der Waals surface area contributed by atoms with Crippen molar-refractivity contribution in [3.8, 4) is 63.2 Å². The smallest absolute Gasteiger partial charge is 0.311 e. The van der Waals surface area contributed by atoms with Crippen LogP contribution in [0, 0.1) is 0 Å². The van der Waals surface area contributed by atoms with E-state index in [2.05, 4.69) is 13.9 Å². The van der Waals surface area contributed by atoms with E-state index in [1.54, 1.807) is 60.7 Å². The van der Waals surface area contributed by atoms with Gasteiger partial charge in [-0.05, 0) is 90.3 Å². The van der Waals surface area contributed by atoms with E-state index in [0.29, 0.717) is 73.6 Å². The predicted octanol–water partition coefficient (Wildman–Crippen LogP) is 10.6. The number of nitrogens with one attached hydrogen (secondary N) is 1. The Balaban J connectivity index is 1.64. The first kappa shape index (κ1) is 45.5. The third-order valence-corrected chi connectivity index (χ3v) is 12.6. The Kier molecular flexibility index (Phi) is 16.8. The van der Waals surface area contributed by atoms with Gasteiger partial charge in [-0.25, -0.2) is 0 Å². The normalized spacial score (nSPS) is 13.6. The van der Waals surface area contributed by atoms with Gasteiger partial charge in [-0.15, -0.1) is 0 Å². The third kappa shape index (κ3) is 11.6. The fraction of sp³-hybridized carbons (Fsp3) is 0.217. The second-order valence-corrected chi connectivity index (χ2v) is 17.1. The molecule has 63 heavy (non-hydrogen) atoms. The van der Waals surface area contributed by atoms with Gasteiger partial charge in [0.15, 0.2) is 8.52 Å². The van der Waals surface area contributed by atoms with Crippen molar-refractivity contribution in [2.24, 2.45) is 9.03 Å². The molecule has 17 heteroatoms. The molecule has 1 heterocycles. The predicted molar refractivity (Wildman–Crippen MR) is 242 cm³/mol. The number of hydrogen-bond acceptors (Lipinski definition) is 14. The van der Waals surface area contributed by atoms with Crippen LogP contribution in [0.2, 0.25) is 0 Å². The van der Waals surface area contributed by atoms with Crippen molar-refractivity contribution in [1.82, 2.24) is 4.86 Å². The molecule has 14 nitrogen and oxygen atoms in total. The van der Waals surface area contributed by atoms with Crippen molar-refractivity contribution >= 4 is 25.5 Å². The van der Waals surface area contributed by atoms with Crippen LogP contribution >= 0.6 is 25.5 Å². The molecular formula is C46H46N3O11P3. The number of para-hydroxylation sites is 5. The molecule has 1 aliphatic rings. The summed E-state index contributed by atoms with van der Waals surface area (Å²) in [6.07, 6.45) is 1.26. The van der Waals surface area contributed by atoms with Gasteiger partial charge in [0.25, 0.3) is 0 Å². The first-order valence-electron chi connectivity index (χ1n) is 20.2. The molecule has 0 radical (unpaired) electrons. The number of ether oxygens (including phenoxy) is 5. The van der Waals surface area contributed by atoms with Gasteiger partial charge in [-0.2, -0.15) is 13.9 Å². The fourth-order valence-corrected chi connectivity index (χ4v) is 9.55. The highest BCUT2D eigenvalue weighted by Crippen LogP contribution is 2.65. The van der Waals surface area contributed by atoms with Gasteiger partial charge in [0, 0.05) is 33.0 Å². The van der Waals surface area contributed by atoms with Gasteiger partial charge in [0.05, 0.1) is 0 Å². The molecule has 6 aromatic rings. The van der Waals surface area contributed by atoms with E-state index < -0.39 is 8.45 Å². The van der Waals surface area contributed by atoms with Gasteiger partial charge in [-0.3, -0.25) is 0 Å². The number of benzene rings is 6. The summed E-state index contributed by atoms with van der Waals surface area (Å²) in [6, 6.07) is 36.2. The molecular weight excluding hydrogens is 863 g/mol. The zero-order valence-corrected chi connectivity index (χ0v) is 36.7. The van der Waals surface area contributed by atoms with E-state index in [9.17, 15) is 25.5 Å². The maximum atomic E-state index is 10.2. The van der Waals surface area contributed by atoms with E-state index in [1.165, 1.54) is 0 Å². The standard InChI is InChI=1S/C46H46N3O11P3/c50-26-21-31-11-1-6-16-36(31)55-41-42(56-37-17-7-2-12-32(37)22-27-51)44(58-39-19-9-4-14-34(39)24-29-53)46(60-63-48-61-47-62-49-63)45(59-40-20-10-5-15-35(40)25-30-54)43(41)57-38-18-8-3-13-33(38)23-28-52/h1-20,50-54H,21-30H2,(H,47,48,49). The minimum Gasteiger partial charge on any atom is -0.449 e. The highest BCUT2D eigenvalue weighted by molar-refractivity contribution is 7.64. The molecule has 1 atom stereocenters. The Morgan fingerprint density at radius 1 is 0.397 bits per heavy atom. The highest BCUT2D eigenvalue weighted by Gasteiger charge is 2.37. The SMILES string of the molecule is OCCc1ccccc1Oc1c(Oc2ccccc2CCO)c(Oc2ccccc2CCO)c(OP2N=PN=PN2)c(Oc2ccccc2CCO)c1Oc1ccccc1CCO.